The quantitative estimate of drug-likeness (QED) is 0.563. The summed E-state index contributed by atoms with van der Waals surface area (Å²) in [5.41, 5.74) is -0.0996. The second-order valence-corrected chi connectivity index (χ2v) is 8.34. The van der Waals surface area contributed by atoms with Crippen molar-refractivity contribution in [2.75, 3.05) is 0 Å². The van der Waals surface area contributed by atoms with E-state index in [0.717, 1.165) is 12.3 Å². The number of carbonyl (C=O) groups is 1. The average Bonchev–Trinajstić information content (AvgIpc) is 3.14. The molecule has 0 aromatic rings. The van der Waals surface area contributed by atoms with Gasteiger partial charge in [-0.05, 0) is 62.7 Å². The minimum atomic E-state index is -0.238. The summed E-state index contributed by atoms with van der Waals surface area (Å²) in [7, 11) is 0. The highest BCUT2D eigenvalue weighted by Gasteiger charge is 2.63. The zero-order chi connectivity index (χ0) is 14.1. The van der Waals surface area contributed by atoms with Gasteiger partial charge in [0.25, 0.3) is 0 Å². The third-order valence-electron chi connectivity index (χ3n) is 7.41. The van der Waals surface area contributed by atoms with Crippen LogP contribution >= 0.6 is 0 Å². The standard InChI is InChI=1S/C18H26O2/c1-17(2)13-6-7-14(10-13)18(17,3)20-16(19)15-9-11-4-5-12(15)8-11/h4-5,11-15H,6-10H2,1-3H3. The van der Waals surface area contributed by atoms with E-state index >= 15 is 0 Å². The fraction of sp³-hybridized carbons (Fsp3) is 0.833. The first-order chi connectivity index (χ1) is 9.42. The summed E-state index contributed by atoms with van der Waals surface area (Å²) in [6, 6.07) is 0. The van der Waals surface area contributed by atoms with E-state index in [1.54, 1.807) is 0 Å². The van der Waals surface area contributed by atoms with Crippen molar-refractivity contribution in [1.82, 2.24) is 0 Å². The molecule has 0 aromatic heterocycles. The molecular formula is C18H26O2. The van der Waals surface area contributed by atoms with E-state index in [4.69, 9.17) is 4.74 Å². The van der Waals surface area contributed by atoms with Gasteiger partial charge in [0.2, 0.25) is 0 Å². The summed E-state index contributed by atoms with van der Waals surface area (Å²) in [5.74, 6) is 2.64. The third-order valence-corrected chi connectivity index (χ3v) is 7.41. The van der Waals surface area contributed by atoms with E-state index < -0.39 is 0 Å². The van der Waals surface area contributed by atoms with E-state index in [9.17, 15) is 4.79 Å². The van der Waals surface area contributed by atoms with Gasteiger partial charge in [0, 0.05) is 5.41 Å². The van der Waals surface area contributed by atoms with Crippen LogP contribution in [0.5, 0.6) is 0 Å². The molecule has 0 amide bonds. The van der Waals surface area contributed by atoms with Crippen LogP contribution in [0.3, 0.4) is 0 Å². The van der Waals surface area contributed by atoms with Crippen molar-refractivity contribution < 1.29 is 9.53 Å². The molecule has 4 bridgehead atoms. The first kappa shape index (κ1) is 12.9. The molecule has 0 N–H and O–H groups in total. The van der Waals surface area contributed by atoms with Crippen molar-refractivity contribution in [1.29, 1.82) is 0 Å². The Morgan fingerprint density at radius 2 is 1.80 bits per heavy atom. The number of ether oxygens (including phenoxy) is 1. The summed E-state index contributed by atoms with van der Waals surface area (Å²) in [4.78, 5) is 12.7. The van der Waals surface area contributed by atoms with Gasteiger partial charge >= 0.3 is 5.97 Å². The molecule has 20 heavy (non-hydrogen) atoms. The van der Waals surface area contributed by atoms with E-state index in [1.165, 1.54) is 25.7 Å². The largest absolute Gasteiger partial charge is 0.458 e. The first-order valence-corrected chi connectivity index (χ1v) is 8.33. The molecule has 0 heterocycles. The predicted octanol–water partition coefficient (Wildman–Crippen LogP) is 3.96. The van der Waals surface area contributed by atoms with Crippen molar-refractivity contribution in [2.45, 2.75) is 58.5 Å². The van der Waals surface area contributed by atoms with E-state index in [-0.39, 0.29) is 22.9 Å². The highest BCUT2D eigenvalue weighted by atomic mass is 16.6. The molecule has 6 atom stereocenters. The van der Waals surface area contributed by atoms with Gasteiger partial charge < -0.3 is 4.74 Å². The van der Waals surface area contributed by atoms with Gasteiger partial charge in [-0.1, -0.05) is 26.0 Å². The molecule has 0 saturated heterocycles. The van der Waals surface area contributed by atoms with Crippen LogP contribution < -0.4 is 0 Å². The normalized spacial score (nSPS) is 50.9. The lowest BCUT2D eigenvalue weighted by Crippen LogP contribution is -2.51. The third kappa shape index (κ3) is 1.48. The highest BCUT2D eigenvalue weighted by molar-refractivity contribution is 5.74. The minimum Gasteiger partial charge on any atom is -0.458 e. The maximum absolute atomic E-state index is 12.7. The van der Waals surface area contributed by atoms with Crippen LogP contribution in [0.4, 0.5) is 0 Å². The van der Waals surface area contributed by atoms with E-state index in [2.05, 4.69) is 32.9 Å². The lowest BCUT2D eigenvalue weighted by molar-refractivity contribution is -0.186. The Balaban J connectivity index is 1.54. The molecule has 3 fully saturated rings. The van der Waals surface area contributed by atoms with Crippen LogP contribution in [0.2, 0.25) is 0 Å². The Morgan fingerprint density at radius 1 is 1.05 bits per heavy atom. The van der Waals surface area contributed by atoms with Gasteiger partial charge in [-0.2, -0.15) is 0 Å². The zero-order valence-corrected chi connectivity index (χ0v) is 12.9. The molecule has 110 valence electrons. The highest BCUT2D eigenvalue weighted by Crippen LogP contribution is 2.63. The fourth-order valence-corrected chi connectivity index (χ4v) is 5.62. The molecule has 0 aromatic carbocycles. The zero-order valence-electron chi connectivity index (χ0n) is 12.9. The molecular weight excluding hydrogens is 248 g/mol. The lowest BCUT2D eigenvalue weighted by Gasteiger charge is -2.47. The summed E-state index contributed by atoms with van der Waals surface area (Å²) in [6.07, 6.45) is 10.5. The Bertz CT molecular complexity index is 478. The van der Waals surface area contributed by atoms with E-state index in [0.29, 0.717) is 17.8 Å². The Hall–Kier alpha value is -0.790. The monoisotopic (exact) mass is 274 g/mol. The molecule has 0 radical (unpaired) electrons. The van der Waals surface area contributed by atoms with Gasteiger partial charge in [-0.3, -0.25) is 4.79 Å². The van der Waals surface area contributed by atoms with Crippen LogP contribution in [0.15, 0.2) is 12.2 Å². The van der Waals surface area contributed by atoms with Gasteiger partial charge in [-0.25, -0.2) is 0 Å². The van der Waals surface area contributed by atoms with Crippen LogP contribution in [0.25, 0.3) is 0 Å². The second kappa shape index (κ2) is 3.90. The number of rotatable bonds is 2. The molecule has 3 saturated carbocycles. The number of carbonyl (C=O) groups excluding carboxylic acids is 1. The molecule has 6 unspecified atom stereocenters. The molecule has 0 aliphatic heterocycles. The topological polar surface area (TPSA) is 26.3 Å². The average molecular weight is 274 g/mol. The summed E-state index contributed by atoms with van der Waals surface area (Å²) < 4.78 is 6.21. The van der Waals surface area contributed by atoms with Crippen molar-refractivity contribution in [3.63, 3.8) is 0 Å². The Morgan fingerprint density at radius 3 is 2.35 bits per heavy atom. The van der Waals surface area contributed by atoms with Gasteiger partial charge in [-0.15, -0.1) is 0 Å². The maximum atomic E-state index is 12.7. The predicted molar refractivity (Wildman–Crippen MR) is 78.0 cm³/mol. The van der Waals surface area contributed by atoms with Crippen molar-refractivity contribution in [3.05, 3.63) is 12.2 Å². The molecule has 0 spiro atoms. The molecule has 4 rings (SSSR count). The maximum Gasteiger partial charge on any atom is 0.310 e. The van der Waals surface area contributed by atoms with E-state index in [1.807, 2.05) is 0 Å². The molecule has 2 heteroatoms. The van der Waals surface area contributed by atoms with Gasteiger partial charge in [0.15, 0.2) is 0 Å². The summed E-state index contributed by atoms with van der Waals surface area (Å²) in [5, 5.41) is 0. The summed E-state index contributed by atoms with van der Waals surface area (Å²) >= 11 is 0. The van der Waals surface area contributed by atoms with Crippen molar-refractivity contribution >= 4 is 5.97 Å². The SMILES string of the molecule is CC1(C)C2CCC(C2)C1(C)OC(=O)C1CC2C=CC1C2. The first-order valence-electron chi connectivity index (χ1n) is 8.33. The van der Waals surface area contributed by atoms with Crippen LogP contribution in [0, 0.1) is 35.0 Å². The number of allylic oxidation sites excluding steroid dienone is 2. The van der Waals surface area contributed by atoms with Gasteiger partial charge in [0.1, 0.15) is 5.60 Å². The van der Waals surface area contributed by atoms with Gasteiger partial charge in [0.05, 0.1) is 5.92 Å². The van der Waals surface area contributed by atoms with Crippen molar-refractivity contribution in [3.8, 4) is 0 Å². The van der Waals surface area contributed by atoms with Crippen LogP contribution in [-0.4, -0.2) is 11.6 Å². The van der Waals surface area contributed by atoms with Crippen LogP contribution in [-0.2, 0) is 9.53 Å². The fourth-order valence-electron chi connectivity index (χ4n) is 5.62. The minimum absolute atomic E-state index is 0.0879. The second-order valence-electron chi connectivity index (χ2n) is 8.34. The smallest absolute Gasteiger partial charge is 0.310 e. The molecule has 4 aliphatic carbocycles. The van der Waals surface area contributed by atoms with Crippen molar-refractivity contribution in [2.24, 2.45) is 35.0 Å². The number of hydrogen-bond acceptors (Lipinski definition) is 2. The van der Waals surface area contributed by atoms with Crippen LogP contribution in [0.1, 0.15) is 52.9 Å². The number of esters is 1. The molecule has 2 nitrogen and oxygen atoms in total. The number of fused-ring (bicyclic) bond motifs is 4. The number of hydrogen-bond donors (Lipinski definition) is 0. The molecule has 4 aliphatic rings. The Labute approximate surface area is 122 Å². The lowest BCUT2D eigenvalue weighted by atomic mass is 9.66. The Kier molecular flexibility index (Phi) is 2.52. The summed E-state index contributed by atoms with van der Waals surface area (Å²) in [6.45, 7) is 6.83.